The van der Waals surface area contributed by atoms with Crippen LogP contribution < -0.4 is 4.74 Å². The van der Waals surface area contributed by atoms with Crippen molar-refractivity contribution in [1.29, 1.82) is 0 Å². The second-order valence-corrected chi connectivity index (χ2v) is 2.67. The van der Waals surface area contributed by atoms with Crippen molar-refractivity contribution < 1.29 is 27.1 Å². The molecule has 0 radical (unpaired) electrons. The Morgan fingerprint density at radius 3 is 2.53 bits per heavy atom. The van der Waals surface area contributed by atoms with Crippen LogP contribution in [-0.2, 0) is 0 Å². The number of carbonyl (C=O) groups is 1. The van der Waals surface area contributed by atoms with Gasteiger partial charge in [-0.3, -0.25) is 4.79 Å². The summed E-state index contributed by atoms with van der Waals surface area (Å²) in [5, 5.41) is -1.22. The van der Waals surface area contributed by atoms with Crippen molar-refractivity contribution in [2.24, 2.45) is 0 Å². The van der Waals surface area contributed by atoms with Gasteiger partial charge < -0.3 is 4.74 Å². The quantitative estimate of drug-likeness (QED) is 0.455. The summed E-state index contributed by atoms with van der Waals surface area (Å²) in [5.41, 5.74) is -0.657. The van der Waals surface area contributed by atoms with Crippen molar-refractivity contribution in [3.8, 4) is 5.75 Å². The Morgan fingerprint density at radius 1 is 1.47 bits per heavy atom. The molecule has 0 aliphatic rings. The third-order valence-corrected chi connectivity index (χ3v) is 1.47. The van der Waals surface area contributed by atoms with Gasteiger partial charge in [-0.15, -0.1) is 13.2 Å². The number of hydrogen-bond donors (Lipinski definition) is 0. The maximum absolute atomic E-state index is 12.5. The molecule has 1 aromatic heterocycles. The Balaban J connectivity index is 3.13. The summed E-state index contributed by atoms with van der Waals surface area (Å²) in [6, 6.07) is 0.323. The lowest BCUT2D eigenvalue weighted by Crippen LogP contribution is -2.19. The largest absolute Gasteiger partial charge is 0.573 e. The number of rotatable bonds is 2. The third kappa shape index (κ3) is 3.35. The van der Waals surface area contributed by atoms with E-state index in [2.05, 4.69) is 9.72 Å². The molecule has 0 amide bonds. The van der Waals surface area contributed by atoms with Crippen LogP contribution in [0.1, 0.15) is 10.4 Å². The van der Waals surface area contributed by atoms with Gasteiger partial charge in [0.15, 0.2) is 0 Å². The van der Waals surface area contributed by atoms with Crippen LogP contribution in [0.15, 0.2) is 12.3 Å². The molecule has 3 nitrogen and oxygen atoms in total. The second kappa shape index (κ2) is 4.01. The third-order valence-electron chi connectivity index (χ3n) is 1.27. The summed E-state index contributed by atoms with van der Waals surface area (Å²) in [6.45, 7) is 0. The minimum absolute atomic E-state index is 0.323. The van der Waals surface area contributed by atoms with Crippen molar-refractivity contribution in [3.05, 3.63) is 23.8 Å². The van der Waals surface area contributed by atoms with Crippen LogP contribution in [0, 0.1) is 5.95 Å². The molecule has 0 N–H and O–H groups in total. The second-order valence-electron chi connectivity index (χ2n) is 2.32. The van der Waals surface area contributed by atoms with Crippen molar-refractivity contribution in [1.82, 2.24) is 4.98 Å². The highest BCUT2D eigenvalue weighted by Gasteiger charge is 2.33. The topological polar surface area (TPSA) is 39.2 Å². The number of ether oxygens (including phenoxy) is 1. The van der Waals surface area contributed by atoms with Crippen LogP contribution in [-0.4, -0.2) is 16.6 Å². The van der Waals surface area contributed by atoms with Gasteiger partial charge in [-0.1, -0.05) is 0 Å². The molecule has 0 fully saturated rings. The molecule has 0 aliphatic heterocycles. The molecule has 0 saturated carbocycles. The van der Waals surface area contributed by atoms with E-state index in [1.54, 1.807) is 0 Å². The molecule has 0 aromatic carbocycles. The highest BCUT2D eigenvalue weighted by atomic mass is 35.5. The van der Waals surface area contributed by atoms with E-state index < -0.39 is 28.9 Å². The first kappa shape index (κ1) is 11.7. The maximum Gasteiger partial charge on any atom is 0.573 e. The van der Waals surface area contributed by atoms with Gasteiger partial charge >= 0.3 is 6.36 Å². The number of aromatic nitrogens is 1. The van der Waals surface area contributed by atoms with Gasteiger partial charge in [0.25, 0.3) is 5.24 Å². The predicted molar refractivity (Wildman–Crippen MR) is 41.1 cm³/mol. The number of nitrogens with zero attached hydrogens (tertiary/aromatic N) is 1. The fourth-order valence-corrected chi connectivity index (χ4v) is 0.912. The van der Waals surface area contributed by atoms with E-state index in [1.165, 1.54) is 0 Å². The fourth-order valence-electron chi connectivity index (χ4n) is 0.770. The van der Waals surface area contributed by atoms with Gasteiger partial charge in [-0.05, 0) is 11.6 Å². The molecule has 0 saturated heterocycles. The van der Waals surface area contributed by atoms with Gasteiger partial charge in [0.05, 0.1) is 5.56 Å². The van der Waals surface area contributed by atoms with E-state index in [1.807, 2.05) is 0 Å². The molecule has 0 atom stereocenters. The number of halogens is 5. The molecule has 1 heterocycles. The molecule has 1 rings (SSSR count). The normalized spacial score (nSPS) is 11.3. The Bertz CT molecular complexity index is 393. The SMILES string of the molecule is O=C(Cl)c1cnc(F)cc1OC(F)(F)F. The lowest BCUT2D eigenvalue weighted by molar-refractivity contribution is -0.274. The van der Waals surface area contributed by atoms with Crippen molar-refractivity contribution >= 4 is 16.8 Å². The Hall–Kier alpha value is -1.37. The first-order valence-corrected chi connectivity index (χ1v) is 3.78. The predicted octanol–water partition coefficient (Wildman–Crippen LogP) is 2.50. The first-order chi connectivity index (χ1) is 6.79. The molecule has 0 aliphatic carbocycles. The highest BCUT2D eigenvalue weighted by Crippen LogP contribution is 2.27. The summed E-state index contributed by atoms with van der Waals surface area (Å²) >= 11 is 4.94. The van der Waals surface area contributed by atoms with E-state index in [0.717, 1.165) is 0 Å². The Labute approximate surface area is 85.6 Å². The Kier molecular flexibility index (Phi) is 3.13. The minimum atomic E-state index is -5.03. The van der Waals surface area contributed by atoms with Gasteiger partial charge in [0.2, 0.25) is 5.95 Å². The smallest absolute Gasteiger partial charge is 0.405 e. The minimum Gasteiger partial charge on any atom is -0.405 e. The van der Waals surface area contributed by atoms with Crippen molar-refractivity contribution in [2.75, 3.05) is 0 Å². The van der Waals surface area contributed by atoms with Crippen molar-refractivity contribution in [2.45, 2.75) is 6.36 Å². The molecular formula is C7H2ClF4NO2. The average Bonchev–Trinajstić information content (AvgIpc) is 1.99. The molecule has 0 bridgehead atoms. The number of carbonyl (C=O) groups excluding carboxylic acids is 1. The summed E-state index contributed by atoms with van der Waals surface area (Å²) in [5.74, 6) is -2.23. The molecule has 1 aromatic rings. The number of alkyl halides is 3. The summed E-state index contributed by atoms with van der Waals surface area (Å²) in [6.07, 6.45) is -4.47. The van der Waals surface area contributed by atoms with Crippen LogP contribution in [0.4, 0.5) is 17.6 Å². The molecule has 0 spiro atoms. The van der Waals surface area contributed by atoms with Gasteiger partial charge in [-0.25, -0.2) is 4.98 Å². The van der Waals surface area contributed by atoms with E-state index in [0.29, 0.717) is 12.3 Å². The molecule has 8 heteroatoms. The van der Waals surface area contributed by atoms with Crippen LogP contribution in [0.3, 0.4) is 0 Å². The maximum atomic E-state index is 12.5. The van der Waals surface area contributed by atoms with Gasteiger partial charge in [0, 0.05) is 12.3 Å². The lowest BCUT2D eigenvalue weighted by Gasteiger charge is -2.10. The molecule has 0 unspecified atom stereocenters. The van der Waals surface area contributed by atoms with E-state index in [-0.39, 0.29) is 0 Å². The van der Waals surface area contributed by atoms with Crippen LogP contribution in [0.2, 0.25) is 0 Å². The van der Waals surface area contributed by atoms with Crippen molar-refractivity contribution in [3.63, 3.8) is 0 Å². The highest BCUT2D eigenvalue weighted by molar-refractivity contribution is 6.68. The first-order valence-electron chi connectivity index (χ1n) is 3.41. The zero-order valence-electron chi connectivity index (χ0n) is 6.81. The van der Waals surface area contributed by atoms with E-state index >= 15 is 0 Å². The summed E-state index contributed by atoms with van der Waals surface area (Å²) in [7, 11) is 0. The van der Waals surface area contributed by atoms with E-state index in [9.17, 15) is 22.4 Å². The fraction of sp³-hybridized carbons (Fsp3) is 0.143. The zero-order valence-corrected chi connectivity index (χ0v) is 7.56. The summed E-state index contributed by atoms with van der Waals surface area (Å²) < 4.78 is 51.3. The van der Waals surface area contributed by atoms with E-state index in [4.69, 9.17) is 11.6 Å². The molecule has 15 heavy (non-hydrogen) atoms. The van der Waals surface area contributed by atoms with Gasteiger partial charge in [-0.2, -0.15) is 4.39 Å². The number of pyridine rings is 1. The van der Waals surface area contributed by atoms with Crippen LogP contribution >= 0.6 is 11.6 Å². The zero-order chi connectivity index (χ0) is 11.6. The standard InChI is InChI=1S/C7H2ClF4NO2/c8-6(14)3-2-13-5(9)1-4(3)15-7(10,11)12/h1-2H. The summed E-state index contributed by atoms with van der Waals surface area (Å²) in [4.78, 5) is 13.6. The molecule has 82 valence electrons. The van der Waals surface area contributed by atoms with Gasteiger partial charge in [0.1, 0.15) is 5.75 Å². The van der Waals surface area contributed by atoms with Crippen LogP contribution in [0.5, 0.6) is 5.75 Å². The molecular weight excluding hydrogens is 242 g/mol. The Morgan fingerprint density at radius 2 is 2.07 bits per heavy atom. The monoisotopic (exact) mass is 243 g/mol. The van der Waals surface area contributed by atoms with Crippen LogP contribution in [0.25, 0.3) is 0 Å². The average molecular weight is 244 g/mol. The lowest BCUT2D eigenvalue weighted by atomic mass is 10.3. The number of hydrogen-bond acceptors (Lipinski definition) is 3.